The van der Waals surface area contributed by atoms with Crippen LogP contribution in [0.2, 0.25) is 0 Å². The van der Waals surface area contributed by atoms with Gasteiger partial charge in [0.1, 0.15) is 5.75 Å². The molecule has 1 aromatic rings. The van der Waals surface area contributed by atoms with Crippen LogP contribution in [-0.2, 0) is 11.2 Å². The van der Waals surface area contributed by atoms with E-state index in [1.54, 1.807) is 6.07 Å². The number of aromatic hydroxyl groups is 1. The molecule has 3 nitrogen and oxygen atoms in total. The van der Waals surface area contributed by atoms with Gasteiger partial charge < -0.3 is 10.2 Å². The Hall–Kier alpha value is -1.51. The average molecular weight is 365 g/mol. The molecule has 1 rings (SSSR count). The summed E-state index contributed by atoms with van der Waals surface area (Å²) < 4.78 is 0. The van der Waals surface area contributed by atoms with Crippen molar-refractivity contribution in [1.29, 1.82) is 0 Å². The number of carbonyl (C=O) groups is 1. The molecule has 0 fully saturated rings. The molecule has 0 saturated heterocycles. The SMILES string of the molecule is CC(=O)O.CCCCCCCCCCCCCCCc1cccc(O)c1. The fourth-order valence-electron chi connectivity index (χ4n) is 3.06. The highest BCUT2D eigenvalue weighted by atomic mass is 16.4. The van der Waals surface area contributed by atoms with Crippen molar-refractivity contribution in [2.45, 2.75) is 104 Å². The number of aryl methyl sites for hydroxylation is 1. The number of benzene rings is 1. The van der Waals surface area contributed by atoms with E-state index >= 15 is 0 Å². The maximum Gasteiger partial charge on any atom is 0.300 e. The van der Waals surface area contributed by atoms with Gasteiger partial charge in [0.2, 0.25) is 0 Å². The number of phenols is 1. The molecule has 26 heavy (non-hydrogen) atoms. The second-order valence-corrected chi connectivity index (χ2v) is 7.18. The first-order valence-corrected chi connectivity index (χ1v) is 10.5. The third kappa shape index (κ3) is 18.8. The van der Waals surface area contributed by atoms with E-state index in [4.69, 9.17) is 9.90 Å². The normalized spacial score (nSPS) is 10.2. The van der Waals surface area contributed by atoms with Crippen molar-refractivity contribution in [2.24, 2.45) is 0 Å². The maximum absolute atomic E-state index is 9.42. The molecule has 0 heterocycles. The summed E-state index contributed by atoms with van der Waals surface area (Å²) in [5.41, 5.74) is 1.27. The van der Waals surface area contributed by atoms with Crippen LogP contribution in [0.15, 0.2) is 24.3 Å². The lowest BCUT2D eigenvalue weighted by atomic mass is 10.0. The fraction of sp³-hybridized carbons (Fsp3) is 0.696. The fourth-order valence-corrected chi connectivity index (χ4v) is 3.06. The summed E-state index contributed by atoms with van der Waals surface area (Å²) in [6.45, 7) is 3.36. The van der Waals surface area contributed by atoms with E-state index < -0.39 is 5.97 Å². The van der Waals surface area contributed by atoms with Crippen molar-refractivity contribution in [3.63, 3.8) is 0 Å². The van der Waals surface area contributed by atoms with Crippen LogP contribution in [0.5, 0.6) is 5.75 Å². The summed E-state index contributed by atoms with van der Waals surface area (Å²) in [7, 11) is 0. The number of unbranched alkanes of at least 4 members (excludes halogenated alkanes) is 12. The number of carboxylic acids is 1. The summed E-state index contributed by atoms with van der Waals surface area (Å²) in [5.74, 6) is -0.438. The molecule has 0 bridgehead atoms. The van der Waals surface area contributed by atoms with Crippen molar-refractivity contribution in [1.82, 2.24) is 0 Å². The predicted molar refractivity (Wildman–Crippen MR) is 111 cm³/mol. The standard InChI is InChI=1S/C21H36O.C2H4O2/c1-2-3-4-5-6-7-8-9-10-11-12-13-14-16-20-17-15-18-21(22)19-20;1-2(3)4/h15,17-19,22H,2-14,16H2,1H3;1H3,(H,3,4). The van der Waals surface area contributed by atoms with Gasteiger partial charge in [-0.25, -0.2) is 0 Å². The summed E-state index contributed by atoms with van der Waals surface area (Å²) in [5, 5.41) is 16.8. The van der Waals surface area contributed by atoms with Crippen LogP contribution in [0.1, 0.15) is 103 Å². The van der Waals surface area contributed by atoms with Crippen LogP contribution >= 0.6 is 0 Å². The Morgan fingerprint density at radius 2 is 1.23 bits per heavy atom. The van der Waals surface area contributed by atoms with E-state index in [-0.39, 0.29) is 0 Å². The Kier molecular flexibility index (Phi) is 17.2. The van der Waals surface area contributed by atoms with Crippen LogP contribution in [-0.4, -0.2) is 16.2 Å². The summed E-state index contributed by atoms with van der Waals surface area (Å²) in [4.78, 5) is 9.00. The molecule has 3 heteroatoms. The highest BCUT2D eigenvalue weighted by molar-refractivity contribution is 5.62. The van der Waals surface area contributed by atoms with Crippen molar-refractivity contribution in [2.75, 3.05) is 0 Å². The van der Waals surface area contributed by atoms with Crippen molar-refractivity contribution in [3.8, 4) is 5.75 Å². The Morgan fingerprint density at radius 1 is 0.808 bits per heavy atom. The Bertz CT molecular complexity index is 439. The van der Waals surface area contributed by atoms with E-state index in [9.17, 15) is 5.11 Å². The highest BCUT2D eigenvalue weighted by Gasteiger charge is 1.96. The monoisotopic (exact) mass is 364 g/mol. The molecule has 0 amide bonds. The smallest absolute Gasteiger partial charge is 0.300 e. The van der Waals surface area contributed by atoms with Crippen LogP contribution in [0.3, 0.4) is 0 Å². The molecule has 0 unspecified atom stereocenters. The number of phenolic OH excluding ortho intramolecular Hbond substituents is 1. The lowest BCUT2D eigenvalue weighted by Crippen LogP contribution is -1.86. The Labute approximate surface area is 160 Å². The molecule has 0 saturated carbocycles. The van der Waals surface area contributed by atoms with E-state index in [1.165, 1.54) is 89.0 Å². The molecule has 0 spiro atoms. The van der Waals surface area contributed by atoms with Gasteiger partial charge in [-0.15, -0.1) is 0 Å². The van der Waals surface area contributed by atoms with E-state index in [2.05, 4.69) is 13.0 Å². The maximum atomic E-state index is 9.42. The minimum atomic E-state index is -0.833. The van der Waals surface area contributed by atoms with Crippen LogP contribution in [0.25, 0.3) is 0 Å². The molecule has 0 radical (unpaired) electrons. The van der Waals surface area contributed by atoms with Crippen LogP contribution in [0, 0.1) is 0 Å². The molecule has 0 aliphatic carbocycles. The molecule has 0 aliphatic rings. The minimum absolute atomic E-state index is 0.396. The van der Waals surface area contributed by atoms with Gasteiger partial charge in [0.05, 0.1) is 0 Å². The molecular weight excluding hydrogens is 324 g/mol. The lowest BCUT2D eigenvalue weighted by Gasteiger charge is -2.04. The third-order valence-corrected chi connectivity index (χ3v) is 4.48. The quantitative estimate of drug-likeness (QED) is 0.346. The van der Waals surface area contributed by atoms with Crippen LogP contribution < -0.4 is 0 Å². The zero-order chi connectivity index (χ0) is 19.5. The van der Waals surface area contributed by atoms with Crippen molar-refractivity contribution in [3.05, 3.63) is 29.8 Å². The molecule has 0 aliphatic heterocycles. The Balaban J connectivity index is 0.00000141. The topological polar surface area (TPSA) is 57.5 Å². The van der Waals surface area contributed by atoms with E-state index in [0.29, 0.717) is 5.75 Å². The van der Waals surface area contributed by atoms with Gasteiger partial charge in [-0.1, -0.05) is 96.1 Å². The van der Waals surface area contributed by atoms with Gasteiger partial charge in [-0.05, 0) is 30.5 Å². The summed E-state index contributed by atoms with van der Waals surface area (Å²) in [6.07, 6.45) is 19.3. The average Bonchev–Trinajstić information content (AvgIpc) is 2.58. The second-order valence-electron chi connectivity index (χ2n) is 7.18. The van der Waals surface area contributed by atoms with Gasteiger partial charge in [0.25, 0.3) is 5.97 Å². The number of aliphatic carboxylic acids is 1. The highest BCUT2D eigenvalue weighted by Crippen LogP contribution is 2.15. The van der Waals surface area contributed by atoms with Gasteiger partial charge in [-0.2, -0.15) is 0 Å². The number of hydrogen-bond donors (Lipinski definition) is 2. The first-order chi connectivity index (χ1) is 12.6. The summed E-state index contributed by atoms with van der Waals surface area (Å²) in [6, 6.07) is 7.68. The zero-order valence-electron chi connectivity index (χ0n) is 17.0. The number of rotatable bonds is 14. The van der Waals surface area contributed by atoms with E-state index in [0.717, 1.165) is 13.3 Å². The van der Waals surface area contributed by atoms with Crippen LogP contribution in [0.4, 0.5) is 0 Å². The zero-order valence-corrected chi connectivity index (χ0v) is 17.0. The summed E-state index contributed by atoms with van der Waals surface area (Å²) >= 11 is 0. The van der Waals surface area contributed by atoms with E-state index in [1.807, 2.05) is 12.1 Å². The minimum Gasteiger partial charge on any atom is -0.508 e. The van der Waals surface area contributed by atoms with Crippen molar-refractivity contribution < 1.29 is 15.0 Å². The molecule has 1 aromatic carbocycles. The molecule has 0 aromatic heterocycles. The molecule has 2 N–H and O–H groups in total. The van der Waals surface area contributed by atoms with Gasteiger partial charge in [0, 0.05) is 6.92 Å². The van der Waals surface area contributed by atoms with Gasteiger partial charge in [-0.3, -0.25) is 4.79 Å². The first-order valence-electron chi connectivity index (χ1n) is 10.5. The van der Waals surface area contributed by atoms with Gasteiger partial charge >= 0.3 is 0 Å². The Morgan fingerprint density at radius 3 is 1.65 bits per heavy atom. The third-order valence-electron chi connectivity index (χ3n) is 4.48. The first kappa shape index (κ1) is 24.5. The van der Waals surface area contributed by atoms with Crippen molar-refractivity contribution >= 4 is 5.97 Å². The lowest BCUT2D eigenvalue weighted by molar-refractivity contribution is -0.134. The molecule has 150 valence electrons. The largest absolute Gasteiger partial charge is 0.508 e. The number of carboxylic acid groups (broad SMARTS) is 1. The molecular formula is C23H40O3. The van der Waals surface area contributed by atoms with Gasteiger partial charge in [0.15, 0.2) is 0 Å². The predicted octanol–water partition coefficient (Wildman–Crippen LogP) is 7.12. The molecule has 0 atom stereocenters. The second kappa shape index (κ2) is 18.3. The number of hydrogen-bond acceptors (Lipinski definition) is 2.